The maximum Gasteiger partial charge on any atom is 0.305 e. The minimum absolute atomic E-state index is 0.0360. The van der Waals surface area contributed by atoms with Crippen LogP contribution in [0.4, 0.5) is 4.39 Å². The third-order valence-corrected chi connectivity index (χ3v) is 8.10. The van der Waals surface area contributed by atoms with Crippen LogP contribution >= 0.6 is 7.37 Å². The number of hydrogen-bond acceptors (Lipinski definition) is 5. The van der Waals surface area contributed by atoms with Crippen molar-refractivity contribution in [3.05, 3.63) is 76.7 Å². The Bertz CT molecular complexity index is 1420. The number of aromatic nitrogens is 1. The summed E-state index contributed by atoms with van der Waals surface area (Å²) in [5.74, 6) is 1.43. The summed E-state index contributed by atoms with van der Waals surface area (Å²) in [7, 11) is -2.46. The lowest BCUT2D eigenvalue weighted by Gasteiger charge is -2.18. The van der Waals surface area contributed by atoms with Gasteiger partial charge in [0.15, 0.2) is 0 Å². The number of rotatable bonds is 7. The molecule has 0 fully saturated rings. The second kappa shape index (κ2) is 10.4. The van der Waals surface area contributed by atoms with Gasteiger partial charge in [-0.25, -0.2) is 4.39 Å². The first-order chi connectivity index (χ1) is 17.1. The molecular weight excluding hydrogens is 480 g/mol. The summed E-state index contributed by atoms with van der Waals surface area (Å²) in [5.41, 5.74) is 9.50. The average Bonchev–Trinajstić information content (AvgIpc) is 3.20. The minimum Gasteiger partial charge on any atom is -0.481 e. The van der Waals surface area contributed by atoms with Crippen molar-refractivity contribution in [2.45, 2.75) is 38.7 Å². The zero-order valence-electron chi connectivity index (χ0n) is 20.3. The van der Waals surface area contributed by atoms with E-state index in [4.69, 9.17) is 14.6 Å². The molecule has 0 spiro atoms. The highest BCUT2D eigenvalue weighted by molar-refractivity contribution is 7.64. The van der Waals surface area contributed by atoms with E-state index in [2.05, 4.69) is 17.6 Å². The SMILES string of the molecule is COP(=O)(C#Cc1c(C(C)C)nc2c(c1-c1ccc(F)cc1)Cc1ccccc1-2)C[C@@H](O)CC(=O)O. The molecule has 1 aromatic heterocycles. The lowest BCUT2D eigenvalue weighted by Crippen LogP contribution is -2.17. The Labute approximate surface area is 209 Å². The Morgan fingerprint density at radius 2 is 1.89 bits per heavy atom. The molecule has 1 aliphatic rings. The smallest absolute Gasteiger partial charge is 0.305 e. The molecule has 0 radical (unpaired) electrons. The summed E-state index contributed by atoms with van der Waals surface area (Å²) in [4.78, 5) is 15.9. The molecule has 4 rings (SSSR count). The highest BCUT2D eigenvalue weighted by Crippen LogP contribution is 2.47. The van der Waals surface area contributed by atoms with Gasteiger partial charge in [-0.3, -0.25) is 14.3 Å². The molecule has 2 N–H and O–H groups in total. The Hall–Kier alpha value is -3.30. The molecule has 36 heavy (non-hydrogen) atoms. The highest BCUT2D eigenvalue weighted by atomic mass is 31.2. The van der Waals surface area contributed by atoms with Crippen LogP contribution in [0, 0.1) is 17.4 Å². The fraction of sp³-hybridized carbons (Fsp3) is 0.286. The number of carboxylic acids is 1. The van der Waals surface area contributed by atoms with Gasteiger partial charge in [-0.15, -0.1) is 0 Å². The number of nitrogens with zero attached hydrogens (tertiary/aromatic N) is 1. The van der Waals surface area contributed by atoms with Gasteiger partial charge in [-0.2, -0.15) is 0 Å². The lowest BCUT2D eigenvalue weighted by molar-refractivity contribution is -0.138. The second-order valence-electron chi connectivity index (χ2n) is 9.10. The number of carboxylic acid groups (broad SMARTS) is 1. The van der Waals surface area contributed by atoms with Crippen LogP contribution in [0.2, 0.25) is 0 Å². The van der Waals surface area contributed by atoms with Crippen molar-refractivity contribution < 1.29 is 28.5 Å². The van der Waals surface area contributed by atoms with E-state index in [0.29, 0.717) is 17.7 Å². The molecule has 0 saturated carbocycles. The van der Waals surface area contributed by atoms with Crippen molar-refractivity contribution in [2.24, 2.45) is 0 Å². The van der Waals surface area contributed by atoms with Gasteiger partial charge >= 0.3 is 5.97 Å². The number of carbonyl (C=O) groups is 1. The molecule has 1 aliphatic carbocycles. The van der Waals surface area contributed by atoms with Crippen LogP contribution < -0.4 is 0 Å². The molecule has 0 amide bonds. The Morgan fingerprint density at radius 1 is 1.19 bits per heavy atom. The summed E-state index contributed by atoms with van der Waals surface area (Å²) >= 11 is 0. The summed E-state index contributed by atoms with van der Waals surface area (Å²) in [6.45, 7) is 3.98. The molecule has 0 bridgehead atoms. The summed E-state index contributed by atoms with van der Waals surface area (Å²) < 4.78 is 32.3. The highest BCUT2D eigenvalue weighted by Gasteiger charge is 2.29. The molecule has 186 valence electrons. The number of halogens is 1. The van der Waals surface area contributed by atoms with Gasteiger partial charge in [0.25, 0.3) is 7.37 Å². The molecule has 2 atom stereocenters. The van der Waals surface area contributed by atoms with Gasteiger partial charge in [-0.05, 0) is 40.4 Å². The van der Waals surface area contributed by atoms with Gasteiger partial charge in [0.1, 0.15) is 5.82 Å². The van der Waals surface area contributed by atoms with Gasteiger partial charge in [0, 0.05) is 24.7 Å². The van der Waals surface area contributed by atoms with Crippen LogP contribution in [-0.4, -0.2) is 40.5 Å². The van der Waals surface area contributed by atoms with Crippen molar-refractivity contribution in [3.8, 4) is 34.0 Å². The predicted molar refractivity (Wildman–Crippen MR) is 137 cm³/mol. The third kappa shape index (κ3) is 5.27. The van der Waals surface area contributed by atoms with E-state index in [9.17, 15) is 18.9 Å². The Balaban J connectivity index is 1.93. The van der Waals surface area contributed by atoms with Gasteiger partial charge in [0.05, 0.1) is 35.6 Å². The first-order valence-electron chi connectivity index (χ1n) is 11.6. The maximum absolute atomic E-state index is 13.8. The normalized spacial score (nSPS) is 14.4. The van der Waals surface area contributed by atoms with E-state index >= 15 is 0 Å². The summed E-state index contributed by atoms with van der Waals surface area (Å²) in [5, 5.41) is 19.0. The van der Waals surface area contributed by atoms with Crippen LogP contribution in [0.1, 0.15) is 48.6 Å². The van der Waals surface area contributed by atoms with Gasteiger partial charge in [0.2, 0.25) is 0 Å². The number of fused-ring (bicyclic) bond motifs is 3. The van der Waals surface area contributed by atoms with Crippen molar-refractivity contribution in [1.82, 2.24) is 4.98 Å². The number of pyridine rings is 1. The van der Waals surface area contributed by atoms with Crippen molar-refractivity contribution in [2.75, 3.05) is 13.3 Å². The van der Waals surface area contributed by atoms with E-state index in [1.165, 1.54) is 19.2 Å². The van der Waals surface area contributed by atoms with Crippen molar-refractivity contribution >= 4 is 13.3 Å². The van der Waals surface area contributed by atoms with Crippen LogP contribution in [0.25, 0.3) is 22.4 Å². The van der Waals surface area contributed by atoms with E-state index in [-0.39, 0.29) is 11.7 Å². The fourth-order valence-corrected chi connectivity index (χ4v) is 5.76. The number of hydrogen-bond donors (Lipinski definition) is 2. The zero-order valence-corrected chi connectivity index (χ0v) is 21.2. The van der Waals surface area contributed by atoms with Crippen LogP contribution in [0.3, 0.4) is 0 Å². The molecule has 8 heteroatoms. The first kappa shape index (κ1) is 25.8. The maximum atomic E-state index is 13.8. The number of benzene rings is 2. The topological polar surface area (TPSA) is 96.7 Å². The predicted octanol–water partition coefficient (Wildman–Crippen LogP) is 5.65. The number of aliphatic carboxylic acids is 1. The van der Waals surface area contributed by atoms with E-state index in [1.807, 2.05) is 32.0 Å². The average molecular weight is 507 g/mol. The zero-order chi connectivity index (χ0) is 26.0. The quantitative estimate of drug-likeness (QED) is 0.248. The lowest BCUT2D eigenvalue weighted by atomic mass is 9.90. The molecular formula is C28H27FNO5P. The molecule has 6 nitrogen and oxygen atoms in total. The van der Waals surface area contributed by atoms with E-state index in [1.54, 1.807) is 12.1 Å². The fourth-order valence-electron chi connectivity index (χ4n) is 4.46. The number of aliphatic hydroxyl groups is 1. The van der Waals surface area contributed by atoms with E-state index in [0.717, 1.165) is 33.5 Å². The molecule has 0 saturated heterocycles. The molecule has 0 aliphatic heterocycles. The molecule has 2 aromatic carbocycles. The van der Waals surface area contributed by atoms with Gasteiger partial charge in [-0.1, -0.05) is 56.2 Å². The van der Waals surface area contributed by atoms with Crippen molar-refractivity contribution in [1.29, 1.82) is 0 Å². The molecule has 3 aromatic rings. The molecule has 1 unspecified atom stereocenters. The standard InChI is InChI=1S/C28H27FNO5P/c1-17(2)27-23(12-13-36(34,35-3)16-21(31)15-25(32)33)26(18-8-10-20(29)11-9-18)24-14-19-6-4-5-7-22(19)28(24)30-27/h4-11,17,21,31H,14-16H2,1-3H3,(H,32,33)/t21-,36?/m0/s1. The largest absolute Gasteiger partial charge is 0.481 e. The number of aliphatic hydroxyl groups excluding tert-OH is 1. The van der Waals surface area contributed by atoms with Crippen LogP contribution in [-0.2, 0) is 20.3 Å². The Kier molecular flexibility index (Phi) is 7.42. The second-order valence-corrected chi connectivity index (χ2v) is 11.4. The third-order valence-electron chi connectivity index (χ3n) is 6.15. The summed E-state index contributed by atoms with van der Waals surface area (Å²) in [6.07, 6.45) is -1.71. The van der Waals surface area contributed by atoms with Crippen LogP contribution in [0.15, 0.2) is 48.5 Å². The minimum atomic E-state index is -3.69. The molecule has 1 heterocycles. The monoisotopic (exact) mass is 507 g/mol. The first-order valence-corrected chi connectivity index (χ1v) is 13.4. The van der Waals surface area contributed by atoms with E-state index < -0.39 is 32.0 Å². The van der Waals surface area contributed by atoms with Gasteiger partial charge < -0.3 is 14.7 Å². The Morgan fingerprint density at radius 3 is 2.53 bits per heavy atom. The summed E-state index contributed by atoms with van der Waals surface area (Å²) in [6, 6.07) is 14.2. The van der Waals surface area contributed by atoms with Crippen LogP contribution in [0.5, 0.6) is 0 Å². The van der Waals surface area contributed by atoms with Crippen molar-refractivity contribution in [3.63, 3.8) is 0 Å².